The van der Waals surface area contributed by atoms with Gasteiger partial charge in [0.2, 0.25) is 0 Å². The lowest BCUT2D eigenvalue weighted by Gasteiger charge is -2.18. The SMILES string of the molecule is C[Si](C)(/C=C/C1=C[CH]C=C1)c1ccccc1. The summed E-state index contributed by atoms with van der Waals surface area (Å²) in [5.74, 6) is 0. The minimum atomic E-state index is -1.42. The van der Waals surface area contributed by atoms with Crippen LogP contribution in [0.4, 0.5) is 0 Å². The van der Waals surface area contributed by atoms with Gasteiger partial charge < -0.3 is 0 Å². The lowest BCUT2D eigenvalue weighted by molar-refractivity contribution is 1.69. The number of benzene rings is 1. The van der Waals surface area contributed by atoms with Gasteiger partial charge in [0.15, 0.2) is 0 Å². The molecule has 16 heavy (non-hydrogen) atoms. The summed E-state index contributed by atoms with van der Waals surface area (Å²) in [5.41, 5.74) is 3.70. The third-order valence-corrected chi connectivity index (χ3v) is 5.72. The van der Waals surface area contributed by atoms with Gasteiger partial charge in [0, 0.05) is 6.42 Å². The second-order valence-corrected chi connectivity index (χ2v) is 8.99. The Bertz CT molecular complexity index is 436. The molecule has 0 bridgehead atoms. The predicted molar refractivity (Wildman–Crippen MR) is 74.2 cm³/mol. The molecule has 2 rings (SSSR count). The van der Waals surface area contributed by atoms with Crippen LogP contribution < -0.4 is 5.19 Å². The zero-order valence-corrected chi connectivity index (χ0v) is 10.9. The summed E-state index contributed by atoms with van der Waals surface area (Å²) in [6.45, 7) is 4.75. The molecule has 1 aliphatic carbocycles. The van der Waals surface area contributed by atoms with Crippen LogP contribution in [0.3, 0.4) is 0 Å². The number of allylic oxidation sites excluding steroid dienone is 5. The molecule has 81 valence electrons. The second-order valence-electron chi connectivity index (χ2n) is 4.64. The van der Waals surface area contributed by atoms with Crippen molar-refractivity contribution in [1.82, 2.24) is 0 Å². The average Bonchev–Trinajstić information content (AvgIpc) is 2.81. The molecule has 1 aliphatic rings. The minimum absolute atomic E-state index is 1.30. The van der Waals surface area contributed by atoms with Crippen LogP contribution in [-0.4, -0.2) is 8.07 Å². The van der Waals surface area contributed by atoms with Crippen LogP contribution in [0.2, 0.25) is 13.1 Å². The van der Waals surface area contributed by atoms with E-state index in [9.17, 15) is 0 Å². The molecule has 1 radical (unpaired) electrons. The highest BCUT2D eigenvalue weighted by Gasteiger charge is 2.18. The normalized spacial score (nSPS) is 15.8. The summed E-state index contributed by atoms with van der Waals surface area (Å²) in [4.78, 5) is 0. The third kappa shape index (κ3) is 2.61. The summed E-state index contributed by atoms with van der Waals surface area (Å²) < 4.78 is 0. The Hall–Kier alpha value is -1.34. The Morgan fingerprint density at radius 1 is 1.06 bits per heavy atom. The van der Waals surface area contributed by atoms with E-state index in [1.165, 1.54) is 10.8 Å². The van der Waals surface area contributed by atoms with Gasteiger partial charge in [0.1, 0.15) is 8.07 Å². The van der Waals surface area contributed by atoms with E-state index in [0.29, 0.717) is 0 Å². The van der Waals surface area contributed by atoms with E-state index in [4.69, 9.17) is 0 Å². The maximum absolute atomic E-state index is 2.40. The van der Waals surface area contributed by atoms with E-state index in [0.717, 1.165) is 0 Å². The molecule has 0 unspecified atom stereocenters. The monoisotopic (exact) mass is 225 g/mol. The largest absolute Gasteiger partial charge is 0.104 e. The smallest absolute Gasteiger partial charge is 0.0897 e. The van der Waals surface area contributed by atoms with E-state index in [1.54, 1.807) is 0 Å². The number of hydrogen-bond acceptors (Lipinski definition) is 0. The fraction of sp³-hybridized carbons (Fsp3) is 0.133. The standard InChI is InChI=1S/C15H17Si/c1-16(2,15-10-4-3-5-11-15)13-12-14-8-6-7-9-14/h3-13H,1-2H3/b13-12+. The quantitative estimate of drug-likeness (QED) is 0.692. The Morgan fingerprint density at radius 3 is 2.44 bits per heavy atom. The number of hydrogen-bond donors (Lipinski definition) is 0. The van der Waals surface area contributed by atoms with Crippen LogP contribution in [0.5, 0.6) is 0 Å². The van der Waals surface area contributed by atoms with E-state index in [2.05, 4.69) is 79.9 Å². The highest BCUT2D eigenvalue weighted by atomic mass is 28.3. The zero-order valence-electron chi connectivity index (χ0n) is 9.85. The van der Waals surface area contributed by atoms with Gasteiger partial charge in [-0.15, -0.1) is 0 Å². The van der Waals surface area contributed by atoms with E-state index in [1.807, 2.05) is 0 Å². The summed E-state index contributed by atoms with van der Waals surface area (Å²) in [6, 6.07) is 10.8. The minimum Gasteiger partial charge on any atom is -0.0897 e. The van der Waals surface area contributed by atoms with Crippen LogP contribution in [0.25, 0.3) is 0 Å². The fourth-order valence-electron chi connectivity index (χ4n) is 1.77. The van der Waals surface area contributed by atoms with Crippen LogP contribution in [0.15, 0.2) is 65.9 Å². The fourth-order valence-corrected chi connectivity index (χ4v) is 3.62. The van der Waals surface area contributed by atoms with Gasteiger partial charge >= 0.3 is 0 Å². The molecule has 0 saturated heterocycles. The molecule has 0 aromatic heterocycles. The molecule has 0 amide bonds. The first-order valence-electron chi connectivity index (χ1n) is 5.65. The van der Waals surface area contributed by atoms with Gasteiger partial charge in [-0.05, 0) is 5.57 Å². The van der Waals surface area contributed by atoms with Crippen molar-refractivity contribution in [3.8, 4) is 0 Å². The molecule has 0 nitrogen and oxygen atoms in total. The van der Waals surface area contributed by atoms with Gasteiger partial charge in [-0.2, -0.15) is 0 Å². The average molecular weight is 225 g/mol. The van der Waals surface area contributed by atoms with Crippen LogP contribution in [-0.2, 0) is 0 Å². The molecule has 0 atom stereocenters. The van der Waals surface area contributed by atoms with Crippen LogP contribution in [0, 0.1) is 6.42 Å². The predicted octanol–water partition coefficient (Wildman–Crippen LogP) is 3.40. The molecule has 1 heteroatoms. The lowest BCUT2D eigenvalue weighted by atomic mass is 10.3. The van der Waals surface area contributed by atoms with Gasteiger partial charge in [-0.1, -0.05) is 78.6 Å². The van der Waals surface area contributed by atoms with Crippen LogP contribution in [0.1, 0.15) is 0 Å². The van der Waals surface area contributed by atoms with Crippen molar-refractivity contribution >= 4 is 13.3 Å². The molecule has 0 heterocycles. The Morgan fingerprint density at radius 2 is 1.81 bits per heavy atom. The highest BCUT2D eigenvalue weighted by Crippen LogP contribution is 2.12. The third-order valence-electron chi connectivity index (χ3n) is 2.90. The van der Waals surface area contributed by atoms with Gasteiger partial charge in [0.25, 0.3) is 0 Å². The van der Waals surface area contributed by atoms with Crippen molar-refractivity contribution in [2.45, 2.75) is 13.1 Å². The molecule has 0 fully saturated rings. The Kier molecular flexibility index (Phi) is 3.25. The van der Waals surface area contributed by atoms with Crippen molar-refractivity contribution in [2.75, 3.05) is 0 Å². The van der Waals surface area contributed by atoms with Crippen molar-refractivity contribution in [2.24, 2.45) is 0 Å². The van der Waals surface area contributed by atoms with Crippen molar-refractivity contribution in [3.63, 3.8) is 0 Å². The molecule has 1 aromatic rings. The Labute approximate surface area is 99.0 Å². The Balaban J connectivity index is 2.17. The molecule has 0 spiro atoms. The van der Waals surface area contributed by atoms with Gasteiger partial charge in [0.05, 0.1) is 0 Å². The summed E-state index contributed by atoms with van der Waals surface area (Å²) in [7, 11) is -1.42. The lowest BCUT2D eigenvalue weighted by Crippen LogP contribution is -2.39. The van der Waals surface area contributed by atoms with E-state index >= 15 is 0 Å². The highest BCUT2D eigenvalue weighted by molar-refractivity contribution is 6.93. The maximum atomic E-state index is 2.40. The van der Waals surface area contributed by atoms with E-state index < -0.39 is 8.07 Å². The summed E-state index contributed by atoms with van der Waals surface area (Å²) >= 11 is 0. The first-order chi connectivity index (χ1) is 7.68. The molecule has 0 N–H and O–H groups in total. The van der Waals surface area contributed by atoms with Crippen molar-refractivity contribution in [3.05, 3.63) is 72.3 Å². The topological polar surface area (TPSA) is 0 Å². The zero-order chi connectivity index (χ0) is 11.4. The first-order valence-corrected chi connectivity index (χ1v) is 8.73. The van der Waals surface area contributed by atoms with E-state index in [-0.39, 0.29) is 0 Å². The van der Waals surface area contributed by atoms with Gasteiger partial charge in [-0.3, -0.25) is 0 Å². The molecule has 0 aliphatic heterocycles. The van der Waals surface area contributed by atoms with Crippen molar-refractivity contribution < 1.29 is 0 Å². The molecule has 0 saturated carbocycles. The number of rotatable bonds is 3. The van der Waals surface area contributed by atoms with Gasteiger partial charge in [-0.25, -0.2) is 0 Å². The second kappa shape index (κ2) is 4.66. The molecular weight excluding hydrogens is 208 g/mol. The van der Waals surface area contributed by atoms with Crippen LogP contribution >= 0.6 is 0 Å². The summed E-state index contributed by atoms with van der Waals surface area (Å²) in [5, 5.41) is 1.48. The van der Waals surface area contributed by atoms with Crippen molar-refractivity contribution in [1.29, 1.82) is 0 Å². The first kappa shape index (κ1) is 11.2. The summed E-state index contributed by atoms with van der Waals surface area (Å²) in [6.07, 6.45) is 10.7. The molecule has 1 aromatic carbocycles. The molecular formula is C15H17Si. The maximum Gasteiger partial charge on any atom is 0.104 e.